The van der Waals surface area contributed by atoms with Crippen LogP contribution in [0.2, 0.25) is 0 Å². The lowest BCUT2D eigenvalue weighted by atomic mass is 10.0. The van der Waals surface area contributed by atoms with Crippen LogP contribution in [-0.4, -0.2) is 19.5 Å². The van der Waals surface area contributed by atoms with Gasteiger partial charge in [-0.05, 0) is 48.5 Å². The summed E-state index contributed by atoms with van der Waals surface area (Å²) in [6.45, 7) is 0. The van der Waals surface area contributed by atoms with E-state index >= 15 is 0 Å². The Morgan fingerprint density at radius 2 is 1.34 bits per heavy atom. The number of pyridine rings is 3. The predicted octanol–water partition coefficient (Wildman–Crippen LogP) is 7.46. The van der Waals surface area contributed by atoms with E-state index in [1.807, 2.05) is 48.8 Å². The van der Waals surface area contributed by atoms with Crippen molar-refractivity contribution in [1.29, 1.82) is 0 Å². The van der Waals surface area contributed by atoms with E-state index in [0.29, 0.717) is 0 Å². The van der Waals surface area contributed by atoms with E-state index in [1.165, 1.54) is 5.39 Å². The summed E-state index contributed by atoms with van der Waals surface area (Å²) in [5, 5.41) is 3.42. The van der Waals surface area contributed by atoms with E-state index in [-0.39, 0.29) is 0 Å². The molecular formula is C31H20N4. The third-order valence-electron chi connectivity index (χ3n) is 6.48. The van der Waals surface area contributed by atoms with E-state index in [9.17, 15) is 0 Å². The molecule has 0 radical (unpaired) electrons. The molecule has 0 aliphatic rings. The van der Waals surface area contributed by atoms with Crippen LogP contribution in [-0.2, 0) is 0 Å². The molecule has 0 bridgehead atoms. The maximum atomic E-state index is 5.28. The molecule has 0 amide bonds. The smallest absolute Gasteiger partial charge is 0.146 e. The minimum Gasteiger partial charge on any atom is -0.294 e. The minimum absolute atomic E-state index is 0.921. The Hall–Kier alpha value is -4.83. The van der Waals surface area contributed by atoms with Crippen molar-refractivity contribution >= 4 is 32.8 Å². The van der Waals surface area contributed by atoms with Crippen LogP contribution < -0.4 is 0 Å². The van der Waals surface area contributed by atoms with Crippen molar-refractivity contribution in [3.63, 3.8) is 0 Å². The molecule has 0 aliphatic heterocycles. The number of hydrogen-bond donors (Lipinski definition) is 0. The lowest BCUT2D eigenvalue weighted by Crippen LogP contribution is -1.97. The summed E-state index contributed by atoms with van der Waals surface area (Å²) in [6, 6.07) is 37.5. The van der Waals surface area contributed by atoms with Crippen molar-refractivity contribution in [2.45, 2.75) is 0 Å². The number of hydrogen-bond acceptors (Lipinski definition) is 3. The molecule has 0 fully saturated rings. The van der Waals surface area contributed by atoms with Crippen LogP contribution in [0.1, 0.15) is 0 Å². The predicted molar refractivity (Wildman–Crippen MR) is 143 cm³/mol. The summed E-state index contributed by atoms with van der Waals surface area (Å²) in [4.78, 5) is 14.4. The Balaban J connectivity index is 1.55. The lowest BCUT2D eigenvalue weighted by Gasteiger charge is -2.11. The van der Waals surface area contributed by atoms with Crippen LogP contribution >= 0.6 is 0 Å². The molecule has 0 atom stereocenters. The van der Waals surface area contributed by atoms with Gasteiger partial charge in [-0.15, -0.1) is 0 Å². The summed E-state index contributed by atoms with van der Waals surface area (Å²) in [5.41, 5.74) is 8.04. The number of rotatable bonds is 3. The van der Waals surface area contributed by atoms with Crippen molar-refractivity contribution < 1.29 is 0 Å². The molecule has 7 aromatic rings. The average molecular weight is 449 g/mol. The molecule has 164 valence electrons. The molecular weight excluding hydrogens is 428 g/mol. The minimum atomic E-state index is 0.921. The quantitative estimate of drug-likeness (QED) is 0.282. The lowest BCUT2D eigenvalue weighted by molar-refractivity contribution is 1.14. The van der Waals surface area contributed by atoms with Crippen LogP contribution in [0.4, 0.5) is 0 Å². The number of para-hydroxylation sites is 2. The first-order valence-electron chi connectivity index (χ1n) is 11.6. The molecule has 0 saturated heterocycles. The zero-order valence-corrected chi connectivity index (χ0v) is 18.8. The Kier molecular flexibility index (Phi) is 4.42. The SMILES string of the molecule is c1ccc(-c2cccc(-n3c4ccccc4c4cc5cccc(-c6ccccn6)c5nc43)c2)nc1. The molecule has 0 N–H and O–H groups in total. The Morgan fingerprint density at radius 3 is 2.17 bits per heavy atom. The highest BCUT2D eigenvalue weighted by molar-refractivity contribution is 6.12. The third-order valence-corrected chi connectivity index (χ3v) is 6.48. The van der Waals surface area contributed by atoms with Crippen molar-refractivity contribution in [2.75, 3.05) is 0 Å². The first-order valence-corrected chi connectivity index (χ1v) is 11.6. The van der Waals surface area contributed by atoms with Gasteiger partial charge in [0.25, 0.3) is 0 Å². The fourth-order valence-electron chi connectivity index (χ4n) is 4.90. The second-order valence-corrected chi connectivity index (χ2v) is 8.57. The van der Waals surface area contributed by atoms with Crippen molar-refractivity contribution in [3.8, 4) is 28.2 Å². The zero-order valence-electron chi connectivity index (χ0n) is 18.8. The highest BCUT2D eigenvalue weighted by Gasteiger charge is 2.16. The van der Waals surface area contributed by atoms with E-state index in [1.54, 1.807) is 0 Å². The highest BCUT2D eigenvalue weighted by atomic mass is 15.0. The molecule has 4 aromatic heterocycles. The summed E-state index contributed by atoms with van der Waals surface area (Å²) < 4.78 is 2.26. The van der Waals surface area contributed by atoms with Crippen molar-refractivity contribution in [1.82, 2.24) is 19.5 Å². The molecule has 0 saturated carbocycles. The molecule has 4 heterocycles. The second kappa shape index (κ2) is 7.89. The Morgan fingerprint density at radius 1 is 0.571 bits per heavy atom. The van der Waals surface area contributed by atoms with Gasteiger partial charge < -0.3 is 0 Å². The van der Waals surface area contributed by atoms with Gasteiger partial charge in [0.1, 0.15) is 5.65 Å². The molecule has 0 unspecified atom stereocenters. The van der Waals surface area contributed by atoms with E-state index < -0.39 is 0 Å². The van der Waals surface area contributed by atoms with Gasteiger partial charge in [0.15, 0.2) is 0 Å². The standard InChI is InChI=1S/C31H20N4/c1-2-16-29-24(12-1)26-20-22-10-8-13-25(28-15-4-6-18-33-28)30(22)34-31(26)35(29)23-11-7-9-21(19-23)27-14-3-5-17-32-27/h1-20H. The summed E-state index contributed by atoms with van der Waals surface area (Å²) >= 11 is 0. The molecule has 0 aliphatic carbocycles. The van der Waals surface area contributed by atoms with Gasteiger partial charge in [0.2, 0.25) is 0 Å². The average Bonchev–Trinajstić information content (AvgIpc) is 3.26. The second-order valence-electron chi connectivity index (χ2n) is 8.57. The van der Waals surface area contributed by atoms with Gasteiger partial charge in [-0.2, -0.15) is 0 Å². The van der Waals surface area contributed by atoms with Crippen LogP contribution in [0.3, 0.4) is 0 Å². The highest BCUT2D eigenvalue weighted by Crippen LogP contribution is 2.36. The van der Waals surface area contributed by atoms with Gasteiger partial charge in [-0.25, -0.2) is 4.98 Å². The largest absolute Gasteiger partial charge is 0.294 e. The zero-order chi connectivity index (χ0) is 23.2. The number of fused-ring (bicyclic) bond motifs is 4. The van der Waals surface area contributed by atoms with E-state index in [4.69, 9.17) is 4.98 Å². The maximum Gasteiger partial charge on any atom is 0.146 e. The fourth-order valence-corrected chi connectivity index (χ4v) is 4.90. The van der Waals surface area contributed by atoms with Gasteiger partial charge in [0.05, 0.1) is 22.4 Å². The summed E-state index contributed by atoms with van der Waals surface area (Å²) in [6.07, 6.45) is 3.65. The van der Waals surface area contributed by atoms with Gasteiger partial charge in [-0.1, -0.05) is 60.7 Å². The van der Waals surface area contributed by atoms with Crippen LogP contribution in [0.5, 0.6) is 0 Å². The number of aromatic nitrogens is 4. The van der Waals surface area contributed by atoms with Crippen molar-refractivity contribution in [2.24, 2.45) is 0 Å². The number of benzene rings is 3. The van der Waals surface area contributed by atoms with Crippen LogP contribution in [0.25, 0.3) is 61.0 Å². The molecule has 4 nitrogen and oxygen atoms in total. The fraction of sp³-hybridized carbons (Fsp3) is 0. The third kappa shape index (κ3) is 3.19. The van der Waals surface area contributed by atoms with E-state index in [2.05, 4.69) is 87.3 Å². The maximum absolute atomic E-state index is 5.28. The molecule has 3 aromatic carbocycles. The van der Waals surface area contributed by atoms with Gasteiger partial charge in [0, 0.05) is 45.4 Å². The van der Waals surface area contributed by atoms with E-state index in [0.717, 1.165) is 55.7 Å². The monoisotopic (exact) mass is 448 g/mol. The Bertz CT molecular complexity index is 1840. The molecule has 4 heteroatoms. The molecule has 7 rings (SSSR count). The summed E-state index contributed by atoms with van der Waals surface area (Å²) in [5.74, 6) is 0. The first-order chi connectivity index (χ1) is 17.4. The van der Waals surface area contributed by atoms with Gasteiger partial charge >= 0.3 is 0 Å². The first kappa shape index (κ1) is 19.6. The normalized spacial score (nSPS) is 11.4. The number of nitrogens with zero attached hydrogens (tertiary/aromatic N) is 4. The molecule has 0 spiro atoms. The van der Waals surface area contributed by atoms with Gasteiger partial charge in [-0.3, -0.25) is 14.5 Å². The topological polar surface area (TPSA) is 43.6 Å². The molecule has 35 heavy (non-hydrogen) atoms. The van der Waals surface area contributed by atoms with Crippen LogP contribution in [0, 0.1) is 0 Å². The van der Waals surface area contributed by atoms with Crippen molar-refractivity contribution in [3.05, 3.63) is 122 Å². The Labute approximate surface area is 202 Å². The summed E-state index contributed by atoms with van der Waals surface area (Å²) in [7, 11) is 0. The van der Waals surface area contributed by atoms with Crippen LogP contribution in [0.15, 0.2) is 122 Å².